The Bertz CT molecular complexity index is 498. The number of nitrogens with one attached hydrogen (secondary N) is 2. The van der Waals surface area contributed by atoms with Crippen LogP contribution in [0.2, 0.25) is 0 Å². The Morgan fingerprint density at radius 3 is 3.14 bits per heavy atom. The van der Waals surface area contributed by atoms with Crippen LogP contribution in [0, 0.1) is 5.82 Å². The molecule has 3 N–H and O–H groups in total. The Labute approximate surface area is 122 Å². The Balaban J connectivity index is 1.83. The summed E-state index contributed by atoms with van der Waals surface area (Å²) in [7, 11) is 1.43. The van der Waals surface area contributed by atoms with Gasteiger partial charge in [0.2, 0.25) is 0 Å². The van der Waals surface area contributed by atoms with E-state index in [1.165, 1.54) is 12.0 Å². The van der Waals surface area contributed by atoms with E-state index in [2.05, 4.69) is 10.6 Å². The summed E-state index contributed by atoms with van der Waals surface area (Å²) >= 11 is 0. The summed E-state index contributed by atoms with van der Waals surface area (Å²) in [5.74, 6) is -0.211. The van der Waals surface area contributed by atoms with Gasteiger partial charge in [-0.15, -0.1) is 0 Å². The second kappa shape index (κ2) is 7.12. The Morgan fingerprint density at radius 1 is 1.62 bits per heavy atom. The van der Waals surface area contributed by atoms with Gasteiger partial charge in [0.1, 0.15) is 0 Å². The number of hydrogen-bond acceptors (Lipinski definition) is 4. The van der Waals surface area contributed by atoms with Gasteiger partial charge in [-0.3, -0.25) is 0 Å². The molecule has 7 heteroatoms. The maximum absolute atomic E-state index is 13.9. The molecule has 0 aliphatic carbocycles. The van der Waals surface area contributed by atoms with E-state index in [1.54, 1.807) is 18.2 Å². The lowest BCUT2D eigenvalue weighted by molar-refractivity contribution is 0.128. The number of anilines is 1. The molecule has 0 unspecified atom stereocenters. The smallest absolute Gasteiger partial charge is 0.407 e. The van der Waals surface area contributed by atoms with Crippen LogP contribution in [0.5, 0.6) is 5.75 Å². The van der Waals surface area contributed by atoms with Crippen molar-refractivity contribution < 1.29 is 19.0 Å². The molecule has 1 aliphatic heterocycles. The summed E-state index contributed by atoms with van der Waals surface area (Å²) in [6, 6.07) is 5.01. The van der Waals surface area contributed by atoms with Crippen LogP contribution in [0.15, 0.2) is 18.2 Å². The maximum atomic E-state index is 13.9. The summed E-state index contributed by atoms with van der Waals surface area (Å²) in [6.07, 6.45) is -0.186. The first-order valence-corrected chi connectivity index (χ1v) is 6.89. The fourth-order valence-electron chi connectivity index (χ4n) is 2.38. The molecule has 1 aliphatic rings. The lowest BCUT2D eigenvalue weighted by Gasteiger charge is -2.31. The van der Waals surface area contributed by atoms with Crippen LogP contribution in [-0.4, -0.2) is 55.4 Å². The van der Waals surface area contributed by atoms with E-state index >= 15 is 0 Å². The first-order valence-electron chi connectivity index (χ1n) is 6.89. The Kier molecular flexibility index (Phi) is 5.21. The zero-order chi connectivity index (χ0) is 15.2. The Hall–Kier alpha value is -2.02. The van der Waals surface area contributed by atoms with Crippen LogP contribution < -0.4 is 15.4 Å². The number of nitrogens with zero attached hydrogens (tertiary/aromatic N) is 1. The van der Waals surface area contributed by atoms with Crippen molar-refractivity contribution in [2.75, 3.05) is 38.6 Å². The molecular weight excluding hydrogens is 277 g/mol. The Morgan fingerprint density at radius 2 is 2.43 bits per heavy atom. The van der Waals surface area contributed by atoms with Crippen molar-refractivity contribution in [3.05, 3.63) is 24.0 Å². The fourth-order valence-corrected chi connectivity index (χ4v) is 2.38. The molecular formula is C14H20FN3O3. The largest absolute Gasteiger partial charge is 0.494 e. The molecule has 1 saturated heterocycles. The molecule has 0 bridgehead atoms. The third kappa shape index (κ3) is 3.98. The number of rotatable bonds is 5. The van der Waals surface area contributed by atoms with Crippen molar-refractivity contribution in [3.63, 3.8) is 0 Å². The zero-order valence-electron chi connectivity index (χ0n) is 11.9. The van der Waals surface area contributed by atoms with Gasteiger partial charge in [0.15, 0.2) is 11.6 Å². The number of amides is 1. The van der Waals surface area contributed by atoms with E-state index in [4.69, 9.17) is 9.84 Å². The third-order valence-electron chi connectivity index (χ3n) is 3.52. The third-order valence-corrected chi connectivity index (χ3v) is 3.52. The number of hydrogen-bond donors (Lipinski definition) is 3. The predicted molar refractivity (Wildman–Crippen MR) is 77.4 cm³/mol. The van der Waals surface area contributed by atoms with Gasteiger partial charge >= 0.3 is 6.09 Å². The molecule has 6 nitrogen and oxygen atoms in total. The molecule has 1 heterocycles. The molecule has 21 heavy (non-hydrogen) atoms. The maximum Gasteiger partial charge on any atom is 0.407 e. The predicted octanol–water partition coefficient (Wildman–Crippen LogP) is 1.59. The van der Waals surface area contributed by atoms with E-state index in [0.717, 1.165) is 0 Å². The van der Waals surface area contributed by atoms with Crippen molar-refractivity contribution in [1.82, 2.24) is 10.2 Å². The highest BCUT2D eigenvalue weighted by Gasteiger charge is 2.22. The molecule has 0 aromatic heterocycles. The number of carboxylic acid groups (broad SMARTS) is 1. The average molecular weight is 297 g/mol. The molecule has 0 spiro atoms. The monoisotopic (exact) mass is 297 g/mol. The van der Waals surface area contributed by atoms with E-state index in [9.17, 15) is 9.18 Å². The molecule has 2 rings (SSSR count). The highest BCUT2D eigenvalue weighted by atomic mass is 19.1. The molecule has 1 fully saturated rings. The first-order chi connectivity index (χ1) is 10.1. The molecule has 1 atom stereocenters. The molecule has 1 aromatic carbocycles. The number of carbonyl (C=O) groups is 1. The first kappa shape index (κ1) is 15.4. The topological polar surface area (TPSA) is 73.8 Å². The van der Waals surface area contributed by atoms with Crippen LogP contribution in [0.1, 0.15) is 6.42 Å². The molecule has 0 saturated carbocycles. The van der Waals surface area contributed by atoms with Crippen molar-refractivity contribution in [2.45, 2.75) is 12.5 Å². The quantitative estimate of drug-likeness (QED) is 0.769. The highest BCUT2D eigenvalue weighted by molar-refractivity contribution is 5.65. The van der Waals surface area contributed by atoms with Gasteiger partial charge in [-0.05, 0) is 18.6 Å². The van der Waals surface area contributed by atoms with Crippen LogP contribution in [0.3, 0.4) is 0 Å². The van der Waals surface area contributed by atoms with Gasteiger partial charge in [-0.2, -0.15) is 0 Å². The zero-order valence-corrected chi connectivity index (χ0v) is 11.9. The van der Waals surface area contributed by atoms with Gasteiger partial charge < -0.3 is 25.4 Å². The molecule has 1 amide bonds. The minimum atomic E-state index is -0.895. The van der Waals surface area contributed by atoms with Crippen molar-refractivity contribution in [2.24, 2.45) is 0 Å². The summed E-state index contributed by atoms with van der Waals surface area (Å²) in [5.41, 5.74) is 0.389. The van der Waals surface area contributed by atoms with Crippen LogP contribution >= 0.6 is 0 Å². The minimum Gasteiger partial charge on any atom is -0.494 e. The standard InChI is InChI=1S/C14H20FN3O3/c1-21-12-4-2-3-11(13(12)15)17-6-5-10-9-18(14(19)20)8-7-16-10/h2-4,10,16-17H,5-9H2,1H3,(H,19,20)/t10-/m1/s1. The van der Waals surface area contributed by atoms with Crippen molar-refractivity contribution >= 4 is 11.8 Å². The minimum absolute atomic E-state index is 0.0796. The second-order valence-corrected chi connectivity index (χ2v) is 4.92. The summed E-state index contributed by atoms with van der Waals surface area (Å²) in [5, 5.41) is 15.3. The second-order valence-electron chi connectivity index (χ2n) is 4.92. The van der Waals surface area contributed by atoms with Gasteiger partial charge in [-0.1, -0.05) is 6.07 Å². The number of methoxy groups -OCH3 is 1. The van der Waals surface area contributed by atoms with Gasteiger partial charge in [0, 0.05) is 32.2 Å². The fraction of sp³-hybridized carbons (Fsp3) is 0.500. The van der Waals surface area contributed by atoms with Gasteiger partial charge in [0.25, 0.3) is 0 Å². The number of halogens is 1. The summed E-state index contributed by atoms with van der Waals surface area (Å²) in [6.45, 7) is 2.15. The number of benzene rings is 1. The average Bonchev–Trinajstić information content (AvgIpc) is 2.49. The number of ether oxygens (including phenoxy) is 1. The summed E-state index contributed by atoms with van der Waals surface area (Å²) in [4.78, 5) is 12.3. The van der Waals surface area contributed by atoms with Crippen LogP contribution in [0.4, 0.5) is 14.9 Å². The lowest BCUT2D eigenvalue weighted by Crippen LogP contribution is -2.52. The van der Waals surface area contributed by atoms with E-state index in [1.807, 2.05) is 0 Å². The van der Waals surface area contributed by atoms with Crippen LogP contribution in [0.25, 0.3) is 0 Å². The molecule has 0 radical (unpaired) electrons. The van der Waals surface area contributed by atoms with Gasteiger partial charge in [-0.25, -0.2) is 9.18 Å². The summed E-state index contributed by atoms with van der Waals surface area (Å²) < 4.78 is 18.8. The van der Waals surface area contributed by atoms with E-state index in [-0.39, 0.29) is 11.8 Å². The normalized spacial score (nSPS) is 18.4. The van der Waals surface area contributed by atoms with Crippen molar-refractivity contribution in [3.8, 4) is 5.75 Å². The molecule has 1 aromatic rings. The SMILES string of the molecule is COc1cccc(NCC[C@@H]2CN(C(=O)O)CCN2)c1F. The van der Waals surface area contributed by atoms with Crippen molar-refractivity contribution in [1.29, 1.82) is 0 Å². The van der Waals surface area contributed by atoms with Gasteiger partial charge in [0.05, 0.1) is 12.8 Å². The van der Waals surface area contributed by atoms with E-state index < -0.39 is 11.9 Å². The lowest BCUT2D eigenvalue weighted by atomic mass is 10.1. The van der Waals surface area contributed by atoms with E-state index in [0.29, 0.717) is 38.3 Å². The highest BCUT2D eigenvalue weighted by Crippen LogP contribution is 2.23. The van der Waals surface area contributed by atoms with Crippen LogP contribution in [-0.2, 0) is 0 Å². The molecule has 116 valence electrons. The number of piperazine rings is 1.